The molecule has 142 valence electrons. The SMILES string of the molecule is CCc1cccc(N2C(=O)CSC2c2cccc(NC(=O)c3ccco3)c2)c1. The molecule has 6 heteroatoms. The predicted molar refractivity (Wildman–Crippen MR) is 112 cm³/mol. The zero-order valence-electron chi connectivity index (χ0n) is 15.4. The third-order valence-electron chi connectivity index (χ3n) is 4.64. The average molecular weight is 392 g/mol. The van der Waals surface area contributed by atoms with Crippen molar-refractivity contribution in [3.05, 3.63) is 83.8 Å². The highest BCUT2D eigenvalue weighted by molar-refractivity contribution is 8.00. The number of thioether (sulfide) groups is 1. The zero-order chi connectivity index (χ0) is 19.5. The minimum atomic E-state index is -0.301. The van der Waals surface area contributed by atoms with Gasteiger partial charge < -0.3 is 9.73 Å². The van der Waals surface area contributed by atoms with Crippen molar-refractivity contribution in [2.24, 2.45) is 0 Å². The molecule has 1 N–H and O–H groups in total. The van der Waals surface area contributed by atoms with Gasteiger partial charge in [-0.2, -0.15) is 0 Å². The van der Waals surface area contributed by atoms with E-state index in [9.17, 15) is 9.59 Å². The van der Waals surface area contributed by atoms with Gasteiger partial charge in [-0.25, -0.2) is 0 Å². The van der Waals surface area contributed by atoms with Crippen LogP contribution in [0.5, 0.6) is 0 Å². The molecule has 2 aromatic carbocycles. The number of nitrogens with one attached hydrogen (secondary N) is 1. The number of aryl methyl sites for hydroxylation is 1. The molecule has 3 aromatic rings. The Bertz CT molecular complexity index is 1000. The van der Waals surface area contributed by atoms with Gasteiger partial charge in [0.25, 0.3) is 5.91 Å². The topological polar surface area (TPSA) is 62.6 Å². The summed E-state index contributed by atoms with van der Waals surface area (Å²) in [4.78, 5) is 26.7. The first-order chi connectivity index (χ1) is 13.7. The van der Waals surface area contributed by atoms with E-state index < -0.39 is 0 Å². The van der Waals surface area contributed by atoms with Crippen LogP contribution in [0.25, 0.3) is 0 Å². The van der Waals surface area contributed by atoms with E-state index in [0.29, 0.717) is 11.4 Å². The average Bonchev–Trinajstić information content (AvgIpc) is 3.38. The van der Waals surface area contributed by atoms with Crippen LogP contribution in [0.4, 0.5) is 11.4 Å². The molecule has 4 rings (SSSR count). The monoisotopic (exact) mass is 392 g/mol. The lowest BCUT2D eigenvalue weighted by Gasteiger charge is -2.25. The van der Waals surface area contributed by atoms with Gasteiger partial charge in [0.05, 0.1) is 12.0 Å². The minimum absolute atomic E-state index is 0.0910. The zero-order valence-corrected chi connectivity index (χ0v) is 16.2. The Labute approximate surface area is 167 Å². The van der Waals surface area contributed by atoms with Gasteiger partial charge in [0.1, 0.15) is 5.37 Å². The fourth-order valence-electron chi connectivity index (χ4n) is 3.25. The van der Waals surface area contributed by atoms with Crippen molar-refractivity contribution in [1.29, 1.82) is 0 Å². The second-order valence-electron chi connectivity index (χ2n) is 6.51. The van der Waals surface area contributed by atoms with Crippen molar-refractivity contribution >= 4 is 35.0 Å². The first-order valence-electron chi connectivity index (χ1n) is 9.13. The fourth-order valence-corrected chi connectivity index (χ4v) is 4.41. The molecule has 0 radical (unpaired) electrons. The van der Waals surface area contributed by atoms with Crippen molar-refractivity contribution < 1.29 is 14.0 Å². The number of anilines is 2. The van der Waals surface area contributed by atoms with E-state index in [4.69, 9.17) is 4.42 Å². The van der Waals surface area contributed by atoms with Crippen molar-refractivity contribution in [1.82, 2.24) is 0 Å². The van der Waals surface area contributed by atoms with E-state index in [2.05, 4.69) is 24.4 Å². The fraction of sp³-hybridized carbons (Fsp3) is 0.182. The van der Waals surface area contributed by atoms with E-state index in [1.165, 1.54) is 11.8 Å². The van der Waals surface area contributed by atoms with Crippen LogP contribution in [0.2, 0.25) is 0 Å². The third-order valence-corrected chi connectivity index (χ3v) is 5.85. The molecule has 1 atom stereocenters. The second-order valence-corrected chi connectivity index (χ2v) is 7.58. The molecule has 0 bridgehead atoms. The van der Waals surface area contributed by atoms with Crippen LogP contribution in [0.1, 0.15) is 34.0 Å². The number of hydrogen-bond donors (Lipinski definition) is 1. The quantitative estimate of drug-likeness (QED) is 0.673. The van der Waals surface area contributed by atoms with Gasteiger partial charge in [-0.15, -0.1) is 11.8 Å². The highest BCUT2D eigenvalue weighted by Gasteiger charge is 2.34. The normalized spacial score (nSPS) is 16.4. The standard InChI is InChI=1S/C22H20N2O3S/c1-2-15-6-3-9-18(12-15)24-20(25)14-28-22(24)16-7-4-8-17(13-16)23-21(26)19-10-5-11-27-19/h3-13,22H,2,14H2,1H3,(H,23,26). The van der Waals surface area contributed by atoms with Crippen molar-refractivity contribution in [3.8, 4) is 0 Å². The van der Waals surface area contributed by atoms with Crippen LogP contribution in [-0.4, -0.2) is 17.6 Å². The first-order valence-corrected chi connectivity index (χ1v) is 10.2. The number of rotatable bonds is 5. The number of carbonyl (C=O) groups excluding carboxylic acids is 2. The summed E-state index contributed by atoms with van der Waals surface area (Å²) in [5, 5.41) is 2.72. The van der Waals surface area contributed by atoms with Crippen LogP contribution < -0.4 is 10.2 Å². The van der Waals surface area contributed by atoms with E-state index in [1.54, 1.807) is 23.9 Å². The Balaban J connectivity index is 1.60. The minimum Gasteiger partial charge on any atom is -0.459 e. The van der Waals surface area contributed by atoms with Gasteiger partial charge in [-0.1, -0.05) is 31.2 Å². The molecular formula is C22H20N2O3S. The molecular weight excluding hydrogens is 372 g/mol. The molecule has 1 aromatic heterocycles. The predicted octanol–water partition coefficient (Wildman–Crippen LogP) is 4.87. The summed E-state index contributed by atoms with van der Waals surface area (Å²) >= 11 is 1.59. The molecule has 0 aliphatic carbocycles. The van der Waals surface area contributed by atoms with Crippen LogP contribution in [-0.2, 0) is 11.2 Å². The molecule has 1 fully saturated rings. The Morgan fingerprint density at radius 2 is 2.04 bits per heavy atom. The van der Waals surface area contributed by atoms with Gasteiger partial charge in [-0.3, -0.25) is 14.5 Å². The van der Waals surface area contributed by atoms with Crippen molar-refractivity contribution in [2.75, 3.05) is 16.0 Å². The summed E-state index contributed by atoms with van der Waals surface area (Å²) in [7, 11) is 0. The number of benzene rings is 2. The van der Waals surface area contributed by atoms with Crippen LogP contribution >= 0.6 is 11.8 Å². The second kappa shape index (κ2) is 7.94. The highest BCUT2D eigenvalue weighted by atomic mass is 32.2. The number of hydrogen-bond acceptors (Lipinski definition) is 4. The first kappa shape index (κ1) is 18.4. The number of amides is 2. The summed E-state index contributed by atoms with van der Waals surface area (Å²) in [5.41, 5.74) is 3.74. The van der Waals surface area contributed by atoms with Gasteiger partial charge in [0.15, 0.2) is 5.76 Å². The highest BCUT2D eigenvalue weighted by Crippen LogP contribution is 2.42. The lowest BCUT2D eigenvalue weighted by atomic mass is 10.1. The Morgan fingerprint density at radius 1 is 1.18 bits per heavy atom. The maximum Gasteiger partial charge on any atom is 0.291 e. The Morgan fingerprint density at radius 3 is 2.82 bits per heavy atom. The summed E-state index contributed by atoms with van der Waals surface area (Å²) in [6.45, 7) is 2.10. The smallest absolute Gasteiger partial charge is 0.291 e. The van der Waals surface area contributed by atoms with E-state index in [0.717, 1.165) is 17.7 Å². The number of carbonyl (C=O) groups is 2. The molecule has 28 heavy (non-hydrogen) atoms. The van der Waals surface area contributed by atoms with Crippen LogP contribution in [0.3, 0.4) is 0 Å². The summed E-state index contributed by atoms with van der Waals surface area (Å²) < 4.78 is 5.14. The van der Waals surface area contributed by atoms with Gasteiger partial charge in [-0.05, 0) is 53.9 Å². The van der Waals surface area contributed by atoms with E-state index in [1.807, 2.05) is 41.3 Å². The third kappa shape index (κ3) is 3.68. The van der Waals surface area contributed by atoms with Crippen LogP contribution in [0.15, 0.2) is 71.3 Å². The molecule has 2 amide bonds. The molecule has 1 unspecified atom stereocenters. The molecule has 5 nitrogen and oxygen atoms in total. The van der Waals surface area contributed by atoms with Gasteiger partial charge in [0, 0.05) is 11.4 Å². The summed E-state index contributed by atoms with van der Waals surface area (Å²) in [6.07, 6.45) is 2.39. The number of nitrogens with zero attached hydrogens (tertiary/aromatic N) is 1. The Kier molecular flexibility index (Phi) is 5.21. The molecule has 0 spiro atoms. The maximum absolute atomic E-state index is 12.6. The lowest BCUT2D eigenvalue weighted by Crippen LogP contribution is -2.28. The van der Waals surface area contributed by atoms with Gasteiger partial charge >= 0.3 is 0 Å². The lowest BCUT2D eigenvalue weighted by molar-refractivity contribution is -0.115. The summed E-state index contributed by atoms with van der Waals surface area (Å²) in [6, 6.07) is 19.0. The molecule has 1 aliphatic rings. The van der Waals surface area contributed by atoms with Gasteiger partial charge in [0.2, 0.25) is 5.91 Å². The molecule has 1 aliphatic heterocycles. The van der Waals surface area contributed by atoms with E-state index >= 15 is 0 Å². The van der Waals surface area contributed by atoms with Crippen LogP contribution in [0, 0.1) is 0 Å². The molecule has 0 saturated carbocycles. The Hall–Kier alpha value is -2.99. The van der Waals surface area contributed by atoms with Crippen molar-refractivity contribution in [2.45, 2.75) is 18.7 Å². The summed E-state index contributed by atoms with van der Waals surface area (Å²) in [5.74, 6) is 0.483. The molecule has 1 saturated heterocycles. The van der Waals surface area contributed by atoms with Crippen molar-refractivity contribution in [3.63, 3.8) is 0 Å². The van der Waals surface area contributed by atoms with E-state index in [-0.39, 0.29) is 22.9 Å². The molecule has 2 heterocycles. The largest absolute Gasteiger partial charge is 0.459 e. The number of furan rings is 1. The maximum atomic E-state index is 12.6.